The third-order valence-electron chi connectivity index (χ3n) is 4.49. The number of hydrogen-bond donors (Lipinski definition) is 2. The van der Waals surface area contributed by atoms with Crippen LogP contribution in [0.25, 0.3) is 0 Å². The smallest absolute Gasteiger partial charge is 0.221 e. The van der Waals surface area contributed by atoms with Crippen LogP contribution >= 0.6 is 0 Å². The Morgan fingerprint density at radius 2 is 1.55 bits per heavy atom. The highest BCUT2D eigenvalue weighted by Crippen LogP contribution is 2.54. The minimum absolute atomic E-state index is 0.00692. The molecule has 2 amide bonds. The maximum atomic E-state index is 11.7. The Morgan fingerprint density at radius 3 is 2.05 bits per heavy atom. The Morgan fingerprint density at radius 1 is 1.00 bits per heavy atom. The summed E-state index contributed by atoms with van der Waals surface area (Å²) in [7, 11) is 0. The minimum atomic E-state index is -0.105. The van der Waals surface area contributed by atoms with E-state index < -0.39 is 0 Å². The molecule has 2 rings (SSSR count). The topological polar surface area (TPSA) is 58.2 Å². The molecule has 1 aromatic carbocycles. The molecule has 1 aromatic rings. The fourth-order valence-corrected chi connectivity index (χ4v) is 3.96. The summed E-state index contributed by atoms with van der Waals surface area (Å²) in [5.41, 5.74) is 4.93. The molecule has 1 aliphatic carbocycles. The van der Waals surface area contributed by atoms with Crippen LogP contribution in [0.2, 0.25) is 0 Å². The van der Waals surface area contributed by atoms with Gasteiger partial charge in [-0.05, 0) is 46.9 Å². The van der Waals surface area contributed by atoms with Crippen molar-refractivity contribution in [3.8, 4) is 0 Å². The van der Waals surface area contributed by atoms with Gasteiger partial charge in [-0.1, -0.05) is 27.7 Å². The zero-order valence-electron chi connectivity index (χ0n) is 14.6. The second-order valence-corrected chi connectivity index (χ2v) is 7.65. The van der Waals surface area contributed by atoms with Gasteiger partial charge in [0.2, 0.25) is 11.8 Å². The van der Waals surface area contributed by atoms with E-state index in [1.165, 1.54) is 25.0 Å². The zero-order valence-corrected chi connectivity index (χ0v) is 14.6. The van der Waals surface area contributed by atoms with Crippen molar-refractivity contribution in [2.24, 2.45) is 0 Å². The van der Waals surface area contributed by atoms with Crippen LogP contribution in [0.1, 0.15) is 64.7 Å². The summed E-state index contributed by atoms with van der Waals surface area (Å²) >= 11 is 0. The molecule has 0 unspecified atom stereocenters. The van der Waals surface area contributed by atoms with E-state index in [-0.39, 0.29) is 22.6 Å². The van der Waals surface area contributed by atoms with E-state index in [0.717, 1.165) is 23.4 Å². The van der Waals surface area contributed by atoms with Gasteiger partial charge in [0.1, 0.15) is 0 Å². The van der Waals surface area contributed by atoms with Crippen LogP contribution in [0.3, 0.4) is 0 Å². The lowest BCUT2D eigenvalue weighted by molar-refractivity contribution is -0.115. The molecule has 1 aliphatic rings. The molecule has 0 fully saturated rings. The van der Waals surface area contributed by atoms with Crippen molar-refractivity contribution in [1.29, 1.82) is 0 Å². The van der Waals surface area contributed by atoms with Crippen molar-refractivity contribution in [3.63, 3.8) is 0 Å². The molecule has 0 saturated carbocycles. The quantitative estimate of drug-likeness (QED) is 0.871. The first-order valence-corrected chi connectivity index (χ1v) is 7.69. The fraction of sp³-hybridized carbons (Fsp3) is 0.556. The molecular formula is C18H26N2O2. The Labute approximate surface area is 132 Å². The largest absolute Gasteiger partial charge is 0.326 e. The van der Waals surface area contributed by atoms with Gasteiger partial charge in [-0.3, -0.25) is 9.59 Å². The molecule has 22 heavy (non-hydrogen) atoms. The highest BCUT2D eigenvalue weighted by atomic mass is 16.2. The molecule has 0 aromatic heterocycles. The Bertz CT molecular complexity index is 658. The number of benzene rings is 1. The number of nitrogens with one attached hydrogen (secondary N) is 2. The summed E-state index contributed by atoms with van der Waals surface area (Å²) in [6, 6.07) is 2.08. The van der Waals surface area contributed by atoms with Crippen molar-refractivity contribution >= 4 is 23.2 Å². The van der Waals surface area contributed by atoms with Gasteiger partial charge in [-0.2, -0.15) is 0 Å². The molecular weight excluding hydrogens is 276 g/mol. The first-order valence-electron chi connectivity index (χ1n) is 7.69. The number of carbonyl (C=O) groups is 2. The second kappa shape index (κ2) is 5.11. The normalized spacial score (nSPS) is 17.8. The van der Waals surface area contributed by atoms with Gasteiger partial charge in [0.15, 0.2) is 0 Å². The molecule has 4 heteroatoms. The van der Waals surface area contributed by atoms with E-state index in [2.05, 4.69) is 44.4 Å². The first-order chi connectivity index (χ1) is 9.95. The number of rotatable bonds is 2. The van der Waals surface area contributed by atoms with Crippen molar-refractivity contribution < 1.29 is 9.59 Å². The number of carbonyl (C=O) groups excluding carboxylic acids is 2. The van der Waals surface area contributed by atoms with E-state index in [1.807, 2.05) is 6.92 Å². The SMILES string of the molecule is CC(=O)Nc1cc2c(c(NC(C)=O)c1C)C(C)(C)CC2(C)C. The van der Waals surface area contributed by atoms with Crippen LogP contribution in [0, 0.1) is 6.92 Å². The van der Waals surface area contributed by atoms with Gasteiger partial charge in [0, 0.05) is 25.2 Å². The summed E-state index contributed by atoms with van der Waals surface area (Å²) in [6.45, 7) is 13.8. The van der Waals surface area contributed by atoms with Crippen LogP contribution in [0.4, 0.5) is 11.4 Å². The van der Waals surface area contributed by atoms with Crippen LogP contribution in [0.15, 0.2) is 6.07 Å². The number of amides is 2. The number of hydrogen-bond acceptors (Lipinski definition) is 2. The third-order valence-corrected chi connectivity index (χ3v) is 4.49. The lowest BCUT2D eigenvalue weighted by atomic mass is 9.81. The van der Waals surface area contributed by atoms with E-state index in [0.29, 0.717) is 0 Å². The lowest BCUT2D eigenvalue weighted by Gasteiger charge is -2.25. The van der Waals surface area contributed by atoms with Gasteiger partial charge in [0.25, 0.3) is 0 Å². The molecule has 120 valence electrons. The van der Waals surface area contributed by atoms with E-state index >= 15 is 0 Å². The standard InChI is InChI=1S/C18H26N2O2/c1-10-14(19-11(2)21)8-13-15(16(10)20-12(3)22)18(6,7)9-17(13,4)5/h8H,9H2,1-7H3,(H,19,21)(H,20,22). The molecule has 2 N–H and O–H groups in total. The molecule has 0 saturated heterocycles. The summed E-state index contributed by atoms with van der Waals surface area (Å²) in [5, 5.41) is 5.88. The molecule has 0 atom stereocenters. The van der Waals surface area contributed by atoms with E-state index in [1.54, 1.807) is 0 Å². The highest BCUT2D eigenvalue weighted by Gasteiger charge is 2.44. The third kappa shape index (κ3) is 2.74. The summed E-state index contributed by atoms with van der Waals surface area (Å²) < 4.78 is 0. The average Bonchev–Trinajstić information content (AvgIpc) is 2.48. The molecule has 0 spiro atoms. The number of fused-ring (bicyclic) bond motifs is 1. The van der Waals surface area contributed by atoms with Gasteiger partial charge in [-0.25, -0.2) is 0 Å². The minimum Gasteiger partial charge on any atom is -0.326 e. The predicted octanol–water partition coefficient (Wildman–Crippen LogP) is 3.87. The van der Waals surface area contributed by atoms with Crippen molar-refractivity contribution in [3.05, 3.63) is 22.8 Å². The van der Waals surface area contributed by atoms with E-state index in [9.17, 15) is 9.59 Å². The second-order valence-electron chi connectivity index (χ2n) is 7.65. The lowest BCUT2D eigenvalue weighted by Crippen LogP contribution is -2.20. The summed E-state index contributed by atoms with van der Waals surface area (Å²) in [5.74, 6) is -0.197. The van der Waals surface area contributed by atoms with Gasteiger partial charge in [-0.15, -0.1) is 0 Å². The van der Waals surface area contributed by atoms with Gasteiger partial charge < -0.3 is 10.6 Å². The van der Waals surface area contributed by atoms with Crippen LogP contribution < -0.4 is 10.6 Å². The van der Waals surface area contributed by atoms with Gasteiger partial charge >= 0.3 is 0 Å². The number of anilines is 2. The summed E-state index contributed by atoms with van der Waals surface area (Å²) in [6.07, 6.45) is 1.00. The van der Waals surface area contributed by atoms with Crippen molar-refractivity contribution in [2.75, 3.05) is 10.6 Å². The highest BCUT2D eigenvalue weighted by molar-refractivity contribution is 5.96. The first kappa shape index (κ1) is 16.5. The van der Waals surface area contributed by atoms with Crippen molar-refractivity contribution in [1.82, 2.24) is 0 Å². The van der Waals surface area contributed by atoms with E-state index in [4.69, 9.17) is 0 Å². The molecule has 0 radical (unpaired) electrons. The Balaban J connectivity index is 2.77. The molecule has 0 bridgehead atoms. The maximum absolute atomic E-state index is 11.7. The summed E-state index contributed by atoms with van der Waals surface area (Å²) in [4.78, 5) is 23.2. The van der Waals surface area contributed by atoms with Crippen LogP contribution in [0.5, 0.6) is 0 Å². The molecule has 0 aliphatic heterocycles. The van der Waals surface area contributed by atoms with Crippen LogP contribution in [-0.2, 0) is 20.4 Å². The monoisotopic (exact) mass is 302 g/mol. The van der Waals surface area contributed by atoms with Crippen LogP contribution in [-0.4, -0.2) is 11.8 Å². The van der Waals surface area contributed by atoms with Crippen molar-refractivity contribution in [2.45, 2.75) is 65.7 Å². The predicted molar refractivity (Wildman–Crippen MR) is 90.5 cm³/mol. The molecule has 4 nitrogen and oxygen atoms in total. The Hall–Kier alpha value is -1.84. The molecule has 0 heterocycles. The van der Waals surface area contributed by atoms with Gasteiger partial charge in [0.05, 0.1) is 0 Å². The zero-order chi connectivity index (χ0) is 16.9. The maximum Gasteiger partial charge on any atom is 0.221 e. The average molecular weight is 302 g/mol. The Kier molecular flexibility index (Phi) is 3.84. The fourth-order valence-electron chi connectivity index (χ4n) is 3.96.